The zero-order valence-electron chi connectivity index (χ0n) is 12.3. The molecule has 1 atom stereocenters. The number of halogens is 1. The first kappa shape index (κ1) is 18.4. The molecular weight excluding hydrogens is 302 g/mol. The molecule has 0 spiro atoms. The number of benzene rings is 1. The first-order valence-electron chi connectivity index (χ1n) is 6.66. The molecule has 0 saturated heterocycles. The molecule has 0 amide bonds. The number of hydrogen-bond donors (Lipinski definition) is 1. The minimum atomic E-state index is 0. The second-order valence-electron chi connectivity index (χ2n) is 5.86. The summed E-state index contributed by atoms with van der Waals surface area (Å²) in [5, 5.41) is 1.00. The standard InChI is InChI=1S/C16H25NO.BrH/c1-5-17(13-9-12-16(2,3)4)18-14-15-10-7-6-8-11-15;/h5-8,10-11H,1,9,12-14H2,2-4H3;1H. The van der Waals surface area contributed by atoms with Crippen molar-refractivity contribution in [3.8, 4) is 0 Å². The van der Waals surface area contributed by atoms with Crippen molar-refractivity contribution in [3.63, 3.8) is 0 Å². The molecule has 19 heavy (non-hydrogen) atoms. The van der Waals surface area contributed by atoms with E-state index in [0.717, 1.165) is 18.0 Å². The van der Waals surface area contributed by atoms with Crippen LogP contribution in [0.15, 0.2) is 43.1 Å². The van der Waals surface area contributed by atoms with Crippen molar-refractivity contribution in [1.82, 2.24) is 0 Å². The summed E-state index contributed by atoms with van der Waals surface area (Å²) < 4.78 is 0. The van der Waals surface area contributed by atoms with Crippen molar-refractivity contribution < 1.29 is 26.9 Å². The highest BCUT2D eigenvalue weighted by molar-refractivity contribution is 5.13. The highest BCUT2D eigenvalue weighted by atomic mass is 79.9. The van der Waals surface area contributed by atoms with Gasteiger partial charge in [0, 0.05) is 6.42 Å². The maximum atomic E-state index is 5.79. The second kappa shape index (κ2) is 9.29. The Kier molecular flexibility index (Phi) is 8.98. The molecule has 0 radical (unpaired) electrons. The minimum absolute atomic E-state index is 0. The molecule has 0 aliphatic carbocycles. The third-order valence-corrected chi connectivity index (χ3v) is 2.84. The molecule has 3 heteroatoms. The van der Waals surface area contributed by atoms with Crippen LogP contribution < -0.4 is 22.0 Å². The Morgan fingerprint density at radius 3 is 2.37 bits per heavy atom. The molecule has 1 rings (SSSR count). The van der Waals surface area contributed by atoms with Crippen LogP contribution >= 0.6 is 0 Å². The highest BCUT2D eigenvalue weighted by Gasteiger charge is 2.12. The lowest BCUT2D eigenvalue weighted by atomic mass is 9.91. The van der Waals surface area contributed by atoms with E-state index in [1.165, 1.54) is 12.0 Å². The fourth-order valence-electron chi connectivity index (χ4n) is 1.78. The van der Waals surface area contributed by atoms with Gasteiger partial charge in [0.05, 0.1) is 0 Å². The van der Waals surface area contributed by atoms with Gasteiger partial charge in [0.2, 0.25) is 0 Å². The lowest BCUT2D eigenvalue weighted by molar-refractivity contribution is -1.05. The molecule has 0 aliphatic heterocycles. The van der Waals surface area contributed by atoms with Gasteiger partial charge in [0.25, 0.3) is 0 Å². The van der Waals surface area contributed by atoms with Gasteiger partial charge in [-0.05, 0) is 24.0 Å². The summed E-state index contributed by atoms with van der Waals surface area (Å²) in [5.74, 6) is 0. The van der Waals surface area contributed by atoms with Crippen LogP contribution in [0, 0.1) is 5.41 Å². The predicted molar refractivity (Wildman–Crippen MR) is 75.9 cm³/mol. The average molecular weight is 328 g/mol. The van der Waals surface area contributed by atoms with E-state index in [1.54, 1.807) is 0 Å². The van der Waals surface area contributed by atoms with E-state index < -0.39 is 0 Å². The molecule has 1 unspecified atom stereocenters. The molecule has 2 nitrogen and oxygen atoms in total. The molecule has 0 aliphatic rings. The Labute approximate surface area is 128 Å². The number of hydrogen-bond acceptors (Lipinski definition) is 1. The normalized spacial score (nSPS) is 12.6. The fourth-order valence-corrected chi connectivity index (χ4v) is 1.78. The Morgan fingerprint density at radius 2 is 1.84 bits per heavy atom. The maximum absolute atomic E-state index is 5.79. The summed E-state index contributed by atoms with van der Waals surface area (Å²) in [6, 6.07) is 10.2. The minimum Gasteiger partial charge on any atom is -1.00 e. The molecule has 0 heterocycles. The smallest absolute Gasteiger partial charge is 0.132 e. The van der Waals surface area contributed by atoms with Crippen LogP contribution in [0.25, 0.3) is 0 Å². The molecular formula is C16H26BrNO. The van der Waals surface area contributed by atoms with Gasteiger partial charge < -0.3 is 17.0 Å². The monoisotopic (exact) mass is 327 g/mol. The molecule has 0 fully saturated rings. The summed E-state index contributed by atoms with van der Waals surface area (Å²) >= 11 is 0. The largest absolute Gasteiger partial charge is 1.00 e. The molecule has 108 valence electrons. The maximum Gasteiger partial charge on any atom is 0.132 e. The molecule has 0 bridgehead atoms. The Morgan fingerprint density at radius 1 is 1.21 bits per heavy atom. The van der Waals surface area contributed by atoms with Crippen LogP contribution in [-0.4, -0.2) is 6.54 Å². The second-order valence-corrected chi connectivity index (χ2v) is 5.86. The van der Waals surface area contributed by atoms with E-state index >= 15 is 0 Å². The van der Waals surface area contributed by atoms with E-state index in [9.17, 15) is 0 Å². The topological polar surface area (TPSA) is 13.7 Å². The van der Waals surface area contributed by atoms with E-state index in [0.29, 0.717) is 12.0 Å². The van der Waals surface area contributed by atoms with Crippen molar-refractivity contribution in [2.75, 3.05) is 6.54 Å². The molecule has 0 saturated carbocycles. The highest BCUT2D eigenvalue weighted by Crippen LogP contribution is 2.19. The van der Waals surface area contributed by atoms with Gasteiger partial charge in [0.1, 0.15) is 19.4 Å². The third-order valence-electron chi connectivity index (χ3n) is 2.84. The van der Waals surface area contributed by atoms with Gasteiger partial charge >= 0.3 is 0 Å². The van der Waals surface area contributed by atoms with Gasteiger partial charge in [-0.15, -0.1) is 0 Å². The Hall–Kier alpha value is -0.640. The van der Waals surface area contributed by atoms with Crippen LogP contribution in [0.3, 0.4) is 0 Å². The quantitative estimate of drug-likeness (QED) is 0.695. The summed E-state index contributed by atoms with van der Waals surface area (Å²) in [6.45, 7) is 12.3. The van der Waals surface area contributed by atoms with Gasteiger partial charge in [-0.3, -0.25) is 0 Å². The molecule has 0 aromatic heterocycles. The Balaban J connectivity index is 0.00000324. The van der Waals surface area contributed by atoms with Crippen molar-refractivity contribution in [3.05, 3.63) is 48.7 Å². The van der Waals surface area contributed by atoms with Crippen LogP contribution in [0.5, 0.6) is 0 Å². The number of quaternary nitrogens is 1. The summed E-state index contributed by atoms with van der Waals surface area (Å²) in [4.78, 5) is 5.79. The van der Waals surface area contributed by atoms with Crippen LogP contribution in [-0.2, 0) is 11.4 Å². The number of rotatable bonds is 7. The average Bonchev–Trinajstić information content (AvgIpc) is 2.33. The molecule has 1 N–H and O–H groups in total. The summed E-state index contributed by atoms with van der Waals surface area (Å²) in [5.41, 5.74) is 1.60. The van der Waals surface area contributed by atoms with E-state index in [-0.39, 0.29) is 17.0 Å². The van der Waals surface area contributed by atoms with Gasteiger partial charge in [-0.2, -0.15) is 9.90 Å². The first-order valence-corrected chi connectivity index (χ1v) is 6.66. The zero-order chi connectivity index (χ0) is 13.4. The summed E-state index contributed by atoms with van der Waals surface area (Å²) in [7, 11) is 0. The van der Waals surface area contributed by atoms with Crippen LogP contribution in [0.1, 0.15) is 39.2 Å². The SMILES string of the molecule is C=C[NH+](CCCC(C)(C)C)OCc1ccccc1.[Br-]. The third kappa shape index (κ3) is 8.98. The Bertz CT molecular complexity index is 346. The molecule has 1 aromatic rings. The van der Waals surface area contributed by atoms with Gasteiger partial charge in [-0.1, -0.05) is 51.1 Å². The predicted octanol–water partition coefficient (Wildman–Crippen LogP) is -0.0231. The zero-order valence-corrected chi connectivity index (χ0v) is 13.9. The lowest BCUT2D eigenvalue weighted by Gasteiger charge is -2.19. The van der Waals surface area contributed by atoms with Crippen LogP contribution in [0.4, 0.5) is 0 Å². The number of hydroxylamine groups is 2. The van der Waals surface area contributed by atoms with Crippen molar-refractivity contribution >= 4 is 0 Å². The van der Waals surface area contributed by atoms with E-state index in [4.69, 9.17) is 4.84 Å². The molecule has 1 aromatic carbocycles. The van der Waals surface area contributed by atoms with Crippen molar-refractivity contribution in [1.29, 1.82) is 0 Å². The van der Waals surface area contributed by atoms with E-state index in [1.807, 2.05) is 24.4 Å². The fraction of sp³-hybridized carbons (Fsp3) is 0.500. The summed E-state index contributed by atoms with van der Waals surface area (Å²) in [6.07, 6.45) is 4.20. The van der Waals surface area contributed by atoms with Gasteiger partial charge in [0.15, 0.2) is 0 Å². The number of nitrogens with one attached hydrogen (secondary N) is 1. The van der Waals surface area contributed by atoms with Gasteiger partial charge in [-0.25, -0.2) is 0 Å². The van der Waals surface area contributed by atoms with Crippen molar-refractivity contribution in [2.45, 2.75) is 40.2 Å². The van der Waals surface area contributed by atoms with E-state index in [2.05, 4.69) is 39.5 Å². The first-order chi connectivity index (χ1) is 8.51. The van der Waals surface area contributed by atoms with Crippen molar-refractivity contribution in [2.24, 2.45) is 5.41 Å². The van der Waals surface area contributed by atoms with Crippen LogP contribution in [0.2, 0.25) is 0 Å². The lowest BCUT2D eigenvalue weighted by Crippen LogP contribution is -3.06.